The normalized spacial score (nSPS) is 21.1. The number of amides is 4. The van der Waals surface area contributed by atoms with Gasteiger partial charge >= 0.3 is 12.2 Å². The third-order valence-electron chi connectivity index (χ3n) is 13.6. The Morgan fingerprint density at radius 1 is 0.828 bits per heavy atom. The summed E-state index contributed by atoms with van der Waals surface area (Å²) >= 11 is 0. The second-order valence-corrected chi connectivity index (χ2v) is 17.9. The van der Waals surface area contributed by atoms with Crippen LogP contribution in [0.4, 0.5) is 9.59 Å². The number of benzene rings is 3. The van der Waals surface area contributed by atoms with Crippen LogP contribution >= 0.6 is 0 Å². The molecule has 340 valence electrons. The molecule has 3 aliphatic rings. The van der Waals surface area contributed by atoms with Gasteiger partial charge in [-0.1, -0.05) is 65.7 Å². The van der Waals surface area contributed by atoms with Crippen molar-refractivity contribution >= 4 is 45.8 Å². The number of rotatable bonds is 13. The van der Waals surface area contributed by atoms with E-state index in [-0.39, 0.29) is 47.6 Å². The molecular formula is C48H60N8O8. The molecule has 3 aromatic carbocycles. The minimum Gasteiger partial charge on any atom is -0.488 e. The number of H-pyrrole nitrogens is 2. The number of carbonyl (C=O) groups is 4. The molecule has 4 unspecified atom stereocenters. The lowest BCUT2D eigenvalue weighted by molar-refractivity contribution is -0.136. The number of ether oxygens (including phenoxy) is 4. The fourth-order valence-electron chi connectivity index (χ4n) is 9.71. The first-order valence-corrected chi connectivity index (χ1v) is 22.4. The second kappa shape index (κ2) is 18.5. The maximum Gasteiger partial charge on any atom is 0.407 e. The van der Waals surface area contributed by atoms with E-state index in [1.807, 2.05) is 49.8 Å². The fraction of sp³-hybridized carbons (Fsp3) is 0.500. The Labute approximate surface area is 373 Å². The first-order chi connectivity index (χ1) is 30.8. The number of aromatic nitrogens is 4. The molecule has 4 N–H and O–H groups in total. The van der Waals surface area contributed by atoms with Gasteiger partial charge in [0.25, 0.3) is 0 Å². The van der Waals surface area contributed by atoms with E-state index in [0.717, 1.165) is 68.3 Å². The molecule has 8 rings (SSSR count). The summed E-state index contributed by atoms with van der Waals surface area (Å²) in [6, 6.07) is 12.6. The number of hydrogen-bond donors (Lipinski definition) is 4. The Morgan fingerprint density at radius 2 is 1.50 bits per heavy atom. The molecule has 0 bridgehead atoms. The van der Waals surface area contributed by atoms with Crippen molar-refractivity contribution in [1.29, 1.82) is 0 Å². The summed E-state index contributed by atoms with van der Waals surface area (Å²) < 4.78 is 21.7. The van der Waals surface area contributed by atoms with Gasteiger partial charge in [0.15, 0.2) is 0 Å². The van der Waals surface area contributed by atoms with E-state index in [2.05, 4.69) is 63.9 Å². The van der Waals surface area contributed by atoms with Gasteiger partial charge in [-0.2, -0.15) is 0 Å². The van der Waals surface area contributed by atoms with Crippen LogP contribution in [0.3, 0.4) is 0 Å². The number of carbonyl (C=O) groups excluding carboxylic acids is 4. The van der Waals surface area contributed by atoms with E-state index >= 15 is 0 Å². The van der Waals surface area contributed by atoms with Crippen molar-refractivity contribution in [3.05, 3.63) is 65.9 Å². The highest BCUT2D eigenvalue weighted by Crippen LogP contribution is 2.44. The highest BCUT2D eigenvalue weighted by atomic mass is 16.5. The Bertz CT molecular complexity index is 2550. The molecular weight excluding hydrogens is 817 g/mol. The maximum atomic E-state index is 14.2. The molecule has 0 aliphatic carbocycles. The van der Waals surface area contributed by atoms with Crippen LogP contribution in [-0.2, 0) is 30.4 Å². The van der Waals surface area contributed by atoms with Crippen LogP contribution in [0.15, 0.2) is 48.7 Å². The van der Waals surface area contributed by atoms with E-state index in [0.29, 0.717) is 50.8 Å². The van der Waals surface area contributed by atoms with Crippen molar-refractivity contribution < 1.29 is 38.1 Å². The number of nitrogens with zero attached hydrogens (tertiary/aromatic N) is 4. The molecule has 2 saturated heterocycles. The highest BCUT2D eigenvalue weighted by Gasteiger charge is 2.43. The van der Waals surface area contributed by atoms with Gasteiger partial charge in [-0.3, -0.25) is 9.59 Å². The molecule has 0 radical (unpaired) electrons. The first kappa shape index (κ1) is 44.4. The van der Waals surface area contributed by atoms with Gasteiger partial charge in [-0.05, 0) is 76.9 Å². The van der Waals surface area contributed by atoms with Crippen LogP contribution in [0.5, 0.6) is 5.75 Å². The Hall–Kier alpha value is -6.16. The zero-order chi connectivity index (χ0) is 45.4. The summed E-state index contributed by atoms with van der Waals surface area (Å²) in [6.45, 7) is 11.9. The van der Waals surface area contributed by atoms with Gasteiger partial charge in [0.2, 0.25) is 11.8 Å². The summed E-state index contributed by atoms with van der Waals surface area (Å²) in [5, 5.41) is 7.49. The van der Waals surface area contributed by atoms with E-state index in [9.17, 15) is 19.2 Å². The molecule has 3 aliphatic heterocycles. The van der Waals surface area contributed by atoms with Crippen molar-refractivity contribution in [3.63, 3.8) is 0 Å². The minimum absolute atomic E-state index is 0.0792. The molecule has 4 amide bonds. The van der Waals surface area contributed by atoms with Crippen LogP contribution in [-0.4, -0.2) is 107 Å². The summed E-state index contributed by atoms with van der Waals surface area (Å²) in [5.74, 6) is 2.00. The van der Waals surface area contributed by atoms with E-state index in [1.165, 1.54) is 14.2 Å². The topological polar surface area (TPSA) is 193 Å². The Kier molecular flexibility index (Phi) is 12.9. The summed E-state index contributed by atoms with van der Waals surface area (Å²) in [4.78, 5) is 73.4. The second-order valence-electron chi connectivity index (χ2n) is 17.9. The average molecular weight is 877 g/mol. The average Bonchev–Trinajstić information content (AvgIpc) is 4.14. The summed E-state index contributed by atoms with van der Waals surface area (Å²) in [7, 11) is 4.26. The van der Waals surface area contributed by atoms with Gasteiger partial charge in [-0.25, -0.2) is 19.6 Å². The smallest absolute Gasteiger partial charge is 0.407 e. The largest absolute Gasteiger partial charge is 0.488 e. The predicted molar refractivity (Wildman–Crippen MR) is 241 cm³/mol. The fourth-order valence-corrected chi connectivity index (χ4v) is 9.71. The van der Waals surface area contributed by atoms with Crippen molar-refractivity contribution in [1.82, 2.24) is 40.4 Å². The molecule has 16 nitrogen and oxygen atoms in total. The Morgan fingerprint density at radius 3 is 2.16 bits per heavy atom. The predicted octanol–water partition coefficient (Wildman–Crippen LogP) is 7.65. The first-order valence-electron chi connectivity index (χ1n) is 22.4. The van der Waals surface area contributed by atoms with Crippen LogP contribution < -0.4 is 15.4 Å². The van der Waals surface area contributed by atoms with Crippen LogP contribution in [0.1, 0.15) is 89.6 Å². The SMILES string of the molecule is CCC(C)C(NC(=O)OC)C(=O)N1CC(COC)C[C@H]1c1nc2c(ccc3cc4c(cc32)OCc2cc(-c3cnc([C@@H]5C[C@H](C)CN5C(=O)[C@@H](NC(=O)OC)C(C)CC)[nH]3)ccc2-4)[nH]1. The van der Waals surface area contributed by atoms with Gasteiger partial charge < -0.3 is 49.3 Å². The molecule has 5 heterocycles. The number of methoxy groups -OCH3 is 3. The maximum absolute atomic E-state index is 14.2. The van der Waals surface area contributed by atoms with Crippen molar-refractivity contribution in [3.8, 4) is 28.1 Å². The lowest BCUT2D eigenvalue weighted by Gasteiger charge is -2.30. The van der Waals surface area contributed by atoms with Crippen LogP contribution in [0.2, 0.25) is 0 Å². The lowest BCUT2D eigenvalue weighted by Crippen LogP contribution is -2.51. The third-order valence-corrected chi connectivity index (χ3v) is 13.6. The number of imidazole rings is 2. The summed E-state index contributed by atoms with van der Waals surface area (Å²) in [5.41, 5.74) is 6.52. The van der Waals surface area contributed by atoms with E-state index in [1.54, 1.807) is 7.11 Å². The van der Waals surface area contributed by atoms with Gasteiger partial charge in [-0.15, -0.1) is 0 Å². The molecule has 8 atom stereocenters. The quantitative estimate of drug-likeness (QED) is 0.0913. The summed E-state index contributed by atoms with van der Waals surface area (Å²) in [6.07, 6.45) is 3.38. The molecule has 64 heavy (non-hydrogen) atoms. The van der Waals surface area contributed by atoms with Crippen LogP contribution in [0, 0.1) is 23.7 Å². The standard InChI is InChI=1S/C48H60N8O8/c1-9-26(4)40(53-47(59)62-7)45(57)55-21-25(3)15-37(55)43-49-20-36(51-43)30-11-13-32-31(17-30)24-64-39-19-33-29(18-34(32)39)12-14-35-42(33)52-44(50-35)38-16-28(23-61-6)22-56(38)46(58)41(27(5)10-2)54-48(60)63-8/h11-14,17-20,25-28,37-38,40-41H,9-10,15-16,21-24H2,1-8H3,(H,49,51)(H,50,52)(H,53,59)(H,54,60)/t25-,26?,27?,28?,37-,38-,40-,41?/m0/s1. The van der Waals surface area contributed by atoms with Crippen molar-refractivity contribution in [2.45, 2.75) is 91.1 Å². The zero-order valence-corrected chi connectivity index (χ0v) is 37.9. The number of hydrogen-bond acceptors (Lipinski definition) is 10. The van der Waals surface area contributed by atoms with Crippen molar-refractivity contribution in [2.75, 3.05) is 41.0 Å². The molecule has 16 heteroatoms. The molecule has 2 aromatic heterocycles. The lowest BCUT2D eigenvalue weighted by atomic mass is 9.92. The number of fused-ring (bicyclic) bond motifs is 6. The molecule has 0 saturated carbocycles. The molecule has 5 aromatic rings. The van der Waals surface area contributed by atoms with Crippen LogP contribution in [0.25, 0.3) is 44.2 Å². The zero-order valence-electron chi connectivity index (χ0n) is 37.9. The number of likely N-dealkylation sites (tertiary alicyclic amines) is 2. The van der Waals surface area contributed by atoms with Crippen molar-refractivity contribution in [2.24, 2.45) is 23.7 Å². The van der Waals surface area contributed by atoms with E-state index in [4.69, 9.17) is 28.9 Å². The number of aromatic amines is 2. The Balaban J connectivity index is 1.05. The highest BCUT2D eigenvalue weighted by molar-refractivity contribution is 6.07. The van der Waals surface area contributed by atoms with Gasteiger partial charge in [0.05, 0.1) is 55.8 Å². The minimum atomic E-state index is -0.748. The molecule has 2 fully saturated rings. The van der Waals surface area contributed by atoms with E-state index < -0.39 is 24.3 Å². The van der Waals surface area contributed by atoms with Gasteiger partial charge in [0.1, 0.15) is 36.1 Å². The monoisotopic (exact) mass is 876 g/mol. The third kappa shape index (κ3) is 8.47. The number of alkyl carbamates (subject to hydrolysis) is 2. The molecule has 0 spiro atoms. The number of nitrogens with one attached hydrogen (secondary N) is 4. The van der Waals surface area contributed by atoms with Gasteiger partial charge in [0, 0.05) is 37.1 Å².